The lowest BCUT2D eigenvalue weighted by Gasteiger charge is -1.98. The van der Waals surface area contributed by atoms with Crippen molar-refractivity contribution in [2.75, 3.05) is 0 Å². The van der Waals surface area contributed by atoms with Crippen LogP contribution in [-0.4, -0.2) is 9.97 Å². The highest BCUT2D eigenvalue weighted by Crippen LogP contribution is 2.39. The summed E-state index contributed by atoms with van der Waals surface area (Å²) in [5.74, 6) is 0.959. The van der Waals surface area contributed by atoms with Crippen molar-refractivity contribution in [3.63, 3.8) is 0 Å². The molecule has 3 rings (SSSR count). The molecule has 1 N–H and O–H groups in total. The van der Waals surface area contributed by atoms with Crippen molar-refractivity contribution in [3.05, 3.63) is 40.9 Å². The zero-order valence-electron chi connectivity index (χ0n) is 8.50. The van der Waals surface area contributed by atoms with Crippen LogP contribution >= 0.6 is 11.6 Å². The first-order valence-corrected chi connectivity index (χ1v) is 5.61. The van der Waals surface area contributed by atoms with Crippen LogP contribution in [0.25, 0.3) is 11.4 Å². The van der Waals surface area contributed by atoms with Gasteiger partial charge in [-0.3, -0.25) is 0 Å². The number of halogens is 2. The fraction of sp³-hybridized carbons (Fsp3) is 0.250. The molecule has 82 valence electrons. The van der Waals surface area contributed by atoms with Crippen molar-refractivity contribution >= 4 is 11.6 Å². The molecule has 1 aromatic heterocycles. The molecule has 0 bridgehead atoms. The Kier molecular flexibility index (Phi) is 2.21. The normalized spacial score (nSPS) is 15.4. The van der Waals surface area contributed by atoms with Gasteiger partial charge in [0.2, 0.25) is 0 Å². The summed E-state index contributed by atoms with van der Waals surface area (Å²) in [5, 5.41) is 0.388. The summed E-state index contributed by atoms with van der Waals surface area (Å²) in [4.78, 5) is 7.46. The number of rotatable bonds is 2. The molecule has 0 atom stereocenters. The molecule has 16 heavy (non-hydrogen) atoms. The molecule has 2 aromatic rings. The minimum absolute atomic E-state index is 0.341. The van der Waals surface area contributed by atoms with Crippen LogP contribution in [0.1, 0.15) is 24.5 Å². The smallest absolute Gasteiger partial charge is 0.137 e. The number of aromatic amines is 1. The predicted molar refractivity (Wildman–Crippen MR) is 61.0 cm³/mol. The average molecular weight is 237 g/mol. The highest BCUT2D eigenvalue weighted by Gasteiger charge is 2.25. The number of hydrogen-bond donors (Lipinski definition) is 1. The minimum Gasteiger partial charge on any atom is -0.342 e. The Balaban J connectivity index is 2.00. The van der Waals surface area contributed by atoms with E-state index in [1.54, 1.807) is 6.07 Å². The van der Waals surface area contributed by atoms with Gasteiger partial charge in [-0.25, -0.2) is 9.37 Å². The average Bonchev–Trinajstić information content (AvgIpc) is 2.95. The van der Waals surface area contributed by atoms with Crippen molar-refractivity contribution < 1.29 is 4.39 Å². The summed E-state index contributed by atoms with van der Waals surface area (Å²) in [6.45, 7) is 0. The van der Waals surface area contributed by atoms with Gasteiger partial charge >= 0.3 is 0 Å². The molecule has 0 radical (unpaired) electrons. The number of nitrogens with one attached hydrogen (secondary N) is 1. The van der Waals surface area contributed by atoms with E-state index < -0.39 is 0 Å². The number of hydrogen-bond acceptors (Lipinski definition) is 1. The lowest BCUT2D eigenvalue weighted by Crippen LogP contribution is -1.84. The van der Waals surface area contributed by atoms with E-state index in [2.05, 4.69) is 9.97 Å². The SMILES string of the molecule is Fc1cc(Cl)cc(-c2ncc(C3CC3)[nH]2)c1. The van der Waals surface area contributed by atoms with E-state index in [9.17, 15) is 4.39 Å². The third kappa shape index (κ3) is 1.83. The number of H-pyrrole nitrogens is 1. The lowest BCUT2D eigenvalue weighted by molar-refractivity contribution is 0.628. The largest absolute Gasteiger partial charge is 0.342 e. The van der Waals surface area contributed by atoms with Gasteiger partial charge in [-0.05, 0) is 31.0 Å². The maximum absolute atomic E-state index is 13.2. The highest BCUT2D eigenvalue weighted by atomic mass is 35.5. The van der Waals surface area contributed by atoms with E-state index in [0.29, 0.717) is 22.3 Å². The van der Waals surface area contributed by atoms with Crippen LogP contribution in [0.3, 0.4) is 0 Å². The number of nitrogens with zero attached hydrogens (tertiary/aromatic N) is 1. The summed E-state index contributed by atoms with van der Waals surface area (Å²) in [5.41, 5.74) is 1.83. The van der Waals surface area contributed by atoms with Gasteiger partial charge in [0.25, 0.3) is 0 Å². The quantitative estimate of drug-likeness (QED) is 0.845. The minimum atomic E-state index is -0.341. The van der Waals surface area contributed by atoms with Crippen LogP contribution in [0, 0.1) is 5.82 Å². The topological polar surface area (TPSA) is 28.7 Å². The van der Waals surface area contributed by atoms with E-state index in [0.717, 1.165) is 5.69 Å². The highest BCUT2D eigenvalue weighted by molar-refractivity contribution is 6.30. The van der Waals surface area contributed by atoms with Crippen LogP contribution in [-0.2, 0) is 0 Å². The molecule has 1 heterocycles. The van der Waals surface area contributed by atoms with E-state index in [4.69, 9.17) is 11.6 Å². The second-order valence-electron chi connectivity index (χ2n) is 4.12. The summed E-state index contributed by atoms with van der Waals surface area (Å²) in [7, 11) is 0. The maximum atomic E-state index is 13.2. The molecular formula is C12H10ClFN2. The van der Waals surface area contributed by atoms with Gasteiger partial charge in [-0.2, -0.15) is 0 Å². The van der Waals surface area contributed by atoms with E-state index >= 15 is 0 Å². The van der Waals surface area contributed by atoms with Crippen LogP contribution in [0.2, 0.25) is 5.02 Å². The van der Waals surface area contributed by atoms with Gasteiger partial charge < -0.3 is 4.98 Å². The van der Waals surface area contributed by atoms with Crippen LogP contribution in [0.5, 0.6) is 0 Å². The van der Waals surface area contributed by atoms with Crippen molar-refractivity contribution in [1.29, 1.82) is 0 Å². The Morgan fingerprint density at radius 1 is 1.31 bits per heavy atom. The molecule has 0 spiro atoms. The second-order valence-corrected chi connectivity index (χ2v) is 4.56. The standard InChI is InChI=1S/C12H10ClFN2/c13-9-3-8(4-10(14)5-9)12-15-6-11(16-12)7-1-2-7/h3-7H,1-2H2,(H,15,16). The third-order valence-corrected chi connectivity index (χ3v) is 2.97. The van der Waals surface area contributed by atoms with Crippen molar-refractivity contribution in [2.45, 2.75) is 18.8 Å². The fourth-order valence-corrected chi connectivity index (χ4v) is 2.00. The van der Waals surface area contributed by atoms with E-state index in [1.165, 1.54) is 25.0 Å². The summed E-state index contributed by atoms with van der Waals surface area (Å²) in [6, 6.07) is 4.43. The van der Waals surface area contributed by atoms with Crippen LogP contribution in [0.4, 0.5) is 4.39 Å². The van der Waals surface area contributed by atoms with Gasteiger partial charge in [0.1, 0.15) is 11.6 Å². The number of imidazole rings is 1. The van der Waals surface area contributed by atoms with Crippen LogP contribution in [0.15, 0.2) is 24.4 Å². The Morgan fingerprint density at radius 3 is 2.81 bits per heavy atom. The van der Waals surface area contributed by atoms with Crippen LogP contribution < -0.4 is 0 Å². The molecule has 0 unspecified atom stereocenters. The van der Waals surface area contributed by atoms with Crippen molar-refractivity contribution in [3.8, 4) is 11.4 Å². The zero-order valence-corrected chi connectivity index (χ0v) is 9.26. The van der Waals surface area contributed by atoms with Crippen molar-refractivity contribution in [2.24, 2.45) is 0 Å². The molecule has 0 aliphatic heterocycles. The predicted octanol–water partition coefficient (Wildman–Crippen LogP) is 3.75. The molecule has 1 aromatic carbocycles. The zero-order chi connectivity index (χ0) is 11.1. The lowest BCUT2D eigenvalue weighted by atomic mass is 10.2. The van der Waals surface area contributed by atoms with E-state index in [1.807, 2.05) is 6.20 Å². The van der Waals surface area contributed by atoms with Gasteiger partial charge in [-0.1, -0.05) is 11.6 Å². The third-order valence-electron chi connectivity index (χ3n) is 2.75. The Bertz CT molecular complexity index is 511. The number of aromatic nitrogens is 2. The molecule has 1 aliphatic carbocycles. The molecule has 0 amide bonds. The van der Waals surface area contributed by atoms with Gasteiger partial charge in [0, 0.05) is 28.4 Å². The van der Waals surface area contributed by atoms with Crippen molar-refractivity contribution in [1.82, 2.24) is 9.97 Å². The van der Waals surface area contributed by atoms with Gasteiger partial charge in [0.05, 0.1) is 0 Å². The summed E-state index contributed by atoms with van der Waals surface area (Å²) >= 11 is 5.80. The Hall–Kier alpha value is -1.35. The number of benzene rings is 1. The second kappa shape index (κ2) is 3.59. The summed E-state index contributed by atoms with van der Waals surface area (Å²) in [6.07, 6.45) is 4.25. The molecule has 1 aliphatic rings. The Morgan fingerprint density at radius 2 is 2.12 bits per heavy atom. The first kappa shape index (κ1) is 9.85. The molecule has 1 saturated carbocycles. The van der Waals surface area contributed by atoms with E-state index in [-0.39, 0.29) is 5.82 Å². The first-order chi connectivity index (χ1) is 7.72. The van der Waals surface area contributed by atoms with Gasteiger partial charge in [-0.15, -0.1) is 0 Å². The monoisotopic (exact) mass is 236 g/mol. The Labute approximate surface area is 97.5 Å². The first-order valence-electron chi connectivity index (χ1n) is 5.24. The molecule has 1 fully saturated rings. The molecule has 0 saturated heterocycles. The molecule has 4 heteroatoms. The fourth-order valence-electron chi connectivity index (χ4n) is 1.77. The molecule has 2 nitrogen and oxygen atoms in total. The molecular weight excluding hydrogens is 227 g/mol. The van der Waals surface area contributed by atoms with Gasteiger partial charge in [0.15, 0.2) is 0 Å². The maximum Gasteiger partial charge on any atom is 0.137 e. The summed E-state index contributed by atoms with van der Waals surface area (Å²) < 4.78 is 13.2.